The molecule has 36 heavy (non-hydrogen) atoms. The average Bonchev–Trinajstić information content (AvgIpc) is 3.45. The van der Waals surface area contributed by atoms with E-state index in [0.29, 0.717) is 68.0 Å². The molecule has 13 heteroatoms. The number of amides is 4. The topological polar surface area (TPSA) is 128 Å². The minimum atomic E-state index is -0.951. The van der Waals surface area contributed by atoms with Crippen molar-refractivity contribution in [1.82, 2.24) is 24.3 Å². The van der Waals surface area contributed by atoms with E-state index in [9.17, 15) is 19.2 Å². The molecule has 0 radical (unpaired) electrons. The number of likely N-dealkylation sites (tertiary alicyclic amines) is 1. The fourth-order valence-corrected chi connectivity index (χ4v) is 4.96. The Morgan fingerprint density at radius 1 is 1.11 bits per heavy atom. The average molecular weight is 582 g/mol. The highest BCUT2D eigenvalue weighted by Crippen LogP contribution is 2.25. The Bertz CT molecular complexity index is 1200. The van der Waals surface area contributed by atoms with Gasteiger partial charge in [0, 0.05) is 58.4 Å². The molecule has 1 aromatic carbocycles. The Balaban J connectivity index is 1.30. The number of benzene rings is 1. The highest BCUT2D eigenvalue weighted by molar-refractivity contribution is 9.10. The van der Waals surface area contributed by atoms with Gasteiger partial charge in [-0.3, -0.25) is 14.4 Å². The molecule has 2 aliphatic heterocycles. The lowest BCUT2D eigenvalue weighted by Gasteiger charge is -2.35. The number of carbonyl (C=O) groups excluding carboxylic acids is 3. The predicted molar refractivity (Wildman–Crippen MR) is 135 cm³/mol. The van der Waals surface area contributed by atoms with Crippen LogP contribution in [0.3, 0.4) is 0 Å². The Morgan fingerprint density at radius 2 is 1.81 bits per heavy atom. The van der Waals surface area contributed by atoms with Gasteiger partial charge in [-0.25, -0.2) is 9.78 Å². The fourth-order valence-electron chi connectivity index (χ4n) is 4.43. The number of hydrogen-bond donors (Lipinski definition) is 2. The zero-order chi connectivity index (χ0) is 26.0. The minimum absolute atomic E-state index is 0.0165. The van der Waals surface area contributed by atoms with Gasteiger partial charge < -0.3 is 29.7 Å². The number of halogens is 2. The lowest BCUT2D eigenvalue weighted by Crippen LogP contribution is -2.51. The first-order valence-electron chi connectivity index (χ1n) is 11.5. The number of carbonyl (C=O) groups is 4. The lowest BCUT2D eigenvalue weighted by molar-refractivity contribution is -0.133. The fraction of sp³-hybridized carbons (Fsp3) is 0.435. The number of imidazole rings is 1. The van der Waals surface area contributed by atoms with Crippen molar-refractivity contribution in [2.24, 2.45) is 13.0 Å². The van der Waals surface area contributed by atoms with Crippen LogP contribution in [0.4, 0.5) is 10.5 Å². The molecular weight excluding hydrogens is 556 g/mol. The number of aromatic nitrogens is 2. The molecule has 3 heterocycles. The Hall–Kier alpha value is -3.12. The van der Waals surface area contributed by atoms with Gasteiger partial charge in [-0.05, 0) is 46.5 Å². The summed E-state index contributed by atoms with van der Waals surface area (Å²) in [5.41, 5.74) is 0.748. The molecule has 1 atom stereocenters. The number of carboxylic acid groups (broad SMARTS) is 1. The number of rotatable bonds is 5. The molecule has 1 aromatic heterocycles. The van der Waals surface area contributed by atoms with Crippen LogP contribution in [0.15, 0.2) is 29.0 Å². The van der Waals surface area contributed by atoms with E-state index in [1.807, 2.05) is 0 Å². The standard InChI is InChI=1S/C23H26BrClN6O5/c1-28-18(24)12-26-20(28)21(33)27-15-2-3-16(17(25)11-15)22(34)30-8-6-29(7-9-30)19(32)10-14-4-5-31(13-14)23(35)36/h2-3,11-12,14H,4-10,13H2,1H3,(H,27,33)(H,35,36)/t14-/m0/s1. The molecule has 4 rings (SSSR count). The highest BCUT2D eigenvalue weighted by Gasteiger charge is 2.31. The van der Waals surface area contributed by atoms with E-state index in [-0.39, 0.29) is 28.6 Å². The molecule has 2 fully saturated rings. The maximum Gasteiger partial charge on any atom is 0.407 e. The molecule has 2 saturated heterocycles. The maximum atomic E-state index is 13.0. The second-order valence-electron chi connectivity index (χ2n) is 8.87. The molecule has 2 aliphatic rings. The van der Waals surface area contributed by atoms with E-state index >= 15 is 0 Å². The SMILES string of the molecule is Cn1c(Br)cnc1C(=O)Nc1ccc(C(=O)N2CCN(C(=O)C[C@@H]3CCN(C(=O)O)C3)CC2)c(Cl)c1. The van der Waals surface area contributed by atoms with E-state index in [0.717, 1.165) is 0 Å². The first kappa shape index (κ1) is 26.0. The molecule has 4 amide bonds. The van der Waals surface area contributed by atoms with Crippen LogP contribution in [0.5, 0.6) is 0 Å². The van der Waals surface area contributed by atoms with Crippen molar-refractivity contribution >= 4 is 57.0 Å². The van der Waals surface area contributed by atoms with Gasteiger partial charge >= 0.3 is 6.09 Å². The van der Waals surface area contributed by atoms with Crippen molar-refractivity contribution in [2.45, 2.75) is 12.8 Å². The van der Waals surface area contributed by atoms with E-state index in [1.165, 1.54) is 17.2 Å². The van der Waals surface area contributed by atoms with Gasteiger partial charge in [0.1, 0.15) is 4.60 Å². The van der Waals surface area contributed by atoms with E-state index < -0.39 is 12.0 Å². The van der Waals surface area contributed by atoms with E-state index in [4.69, 9.17) is 16.7 Å². The molecule has 192 valence electrons. The van der Waals surface area contributed by atoms with Crippen molar-refractivity contribution in [3.8, 4) is 0 Å². The van der Waals surface area contributed by atoms with Gasteiger partial charge in [-0.2, -0.15) is 0 Å². The van der Waals surface area contributed by atoms with Crippen LogP contribution < -0.4 is 5.32 Å². The molecule has 0 bridgehead atoms. The number of nitrogens with zero attached hydrogens (tertiary/aromatic N) is 5. The maximum absolute atomic E-state index is 13.0. The zero-order valence-corrected chi connectivity index (χ0v) is 22.0. The Kier molecular flexibility index (Phi) is 7.84. The first-order valence-corrected chi connectivity index (χ1v) is 12.6. The summed E-state index contributed by atoms with van der Waals surface area (Å²) in [6.45, 7) is 2.40. The van der Waals surface area contributed by atoms with Crippen LogP contribution in [0.2, 0.25) is 5.02 Å². The van der Waals surface area contributed by atoms with Crippen LogP contribution >= 0.6 is 27.5 Å². The molecule has 11 nitrogen and oxygen atoms in total. The van der Waals surface area contributed by atoms with Crippen molar-refractivity contribution in [3.63, 3.8) is 0 Å². The molecule has 0 aliphatic carbocycles. The normalized spacial score (nSPS) is 17.9. The highest BCUT2D eigenvalue weighted by atomic mass is 79.9. The summed E-state index contributed by atoms with van der Waals surface area (Å²) in [5, 5.41) is 12.0. The summed E-state index contributed by atoms with van der Waals surface area (Å²) in [7, 11) is 1.70. The summed E-state index contributed by atoms with van der Waals surface area (Å²) in [6, 6.07) is 4.70. The van der Waals surface area contributed by atoms with Gasteiger partial charge in [-0.15, -0.1) is 0 Å². The quantitative estimate of drug-likeness (QED) is 0.559. The van der Waals surface area contributed by atoms with Gasteiger partial charge in [0.25, 0.3) is 11.8 Å². The third kappa shape index (κ3) is 5.65. The van der Waals surface area contributed by atoms with Crippen molar-refractivity contribution in [1.29, 1.82) is 0 Å². The molecule has 0 saturated carbocycles. The Morgan fingerprint density at radius 3 is 2.39 bits per heavy atom. The number of hydrogen-bond acceptors (Lipinski definition) is 5. The Labute approximate surface area is 221 Å². The summed E-state index contributed by atoms with van der Waals surface area (Å²) in [4.78, 5) is 58.0. The van der Waals surface area contributed by atoms with Gasteiger partial charge in [0.2, 0.25) is 5.91 Å². The summed E-state index contributed by atoms with van der Waals surface area (Å²) < 4.78 is 2.26. The second kappa shape index (κ2) is 10.9. The summed E-state index contributed by atoms with van der Waals surface area (Å²) in [6.07, 6.45) is 1.57. The monoisotopic (exact) mass is 580 g/mol. The van der Waals surface area contributed by atoms with Gasteiger partial charge in [0.15, 0.2) is 5.82 Å². The first-order chi connectivity index (χ1) is 17.1. The predicted octanol–water partition coefficient (Wildman–Crippen LogP) is 2.76. The second-order valence-corrected chi connectivity index (χ2v) is 10.1. The summed E-state index contributed by atoms with van der Waals surface area (Å²) >= 11 is 9.68. The van der Waals surface area contributed by atoms with Gasteiger partial charge in [-0.1, -0.05) is 11.6 Å². The number of anilines is 1. The van der Waals surface area contributed by atoms with E-state index in [1.54, 1.807) is 33.5 Å². The van der Waals surface area contributed by atoms with Crippen LogP contribution in [0.1, 0.15) is 33.8 Å². The largest absolute Gasteiger partial charge is 0.465 e. The summed E-state index contributed by atoms with van der Waals surface area (Å²) in [5.74, 6) is -0.418. The smallest absolute Gasteiger partial charge is 0.407 e. The molecular formula is C23H26BrClN6O5. The molecule has 2 N–H and O–H groups in total. The van der Waals surface area contributed by atoms with E-state index in [2.05, 4.69) is 26.2 Å². The number of nitrogens with one attached hydrogen (secondary N) is 1. The van der Waals surface area contributed by atoms with Crippen LogP contribution in [0, 0.1) is 5.92 Å². The molecule has 0 unspecified atom stereocenters. The van der Waals surface area contributed by atoms with Crippen molar-refractivity contribution in [3.05, 3.63) is 45.4 Å². The van der Waals surface area contributed by atoms with Gasteiger partial charge in [0.05, 0.1) is 16.8 Å². The molecule has 0 spiro atoms. The zero-order valence-electron chi connectivity index (χ0n) is 19.6. The van der Waals surface area contributed by atoms with Crippen LogP contribution in [-0.2, 0) is 11.8 Å². The third-order valence-corrected chi connectivity index (χ3v) is 7.58. The van der Waals surface area contributed by atoms with Crippen molar-refractivity contribution < 1.29 is 24.3 Å². The third-order valence-electron chi connectivity index (χ3n) is 6.53. The minimum Gasteiger partial charge on any atom is -0.465 e. The molecule has 2 aromatic rings. The lowest BCUT2D eigenvalue weighted by atomic mass is 10.0. The van der Waals surface area contributed by atoms with Crippen LogP contribution in [0.25, 0.3) is 0 Å². The van der Waals surface area contributed by atoms with Crippen molar-refractivity contribution in [2.75, 3.05) is 44.6 Å². The van der Waals surface area contributed by atoms with Crippen LogP contribution in [-0.4, -0.2) is 92.4 Å². The number of piperazine rings is 1.